The van der Waals surface area contributed by atoms with Crippen molar-refractivity contribution in [2.24, 2.45) is 0 Å². The van der Waals surface area contributed by atoms with E-state index in [1.807, 2.05) is 5.32 Å². The first-order valence-electron chi connectivity index (χ1n) is 5.03. The Labute approximate surface area is 105 Å². The predicted octanol–water partition coefficient (Wildman–Crippen LogP) is 2.05. The fourth-order valence-electron chi connectivity index (χ4n) is 1.21. The lowest BCUT2D eigenvalue weighted by atomic mass is 10.1. The summed E-state index contributed by atoms with van der Waals surface area (Å²) in [5, 5.41) is 10.5. The summed E-state index contributed by atoms with van der Waals surface area (Å²) < 4.78 is 50.2. The minimum absolute atomic E-state index is 0.181. The van der Waals surface area contributed by atoms with Crippen molar-refractivity contribution < 1.29 is 32.3 Å². The van der Waals surface area contributed by atoms with Crippen LogP contribution in [-0.2, 0) is 11.0 Å². The van der Waals surface area contributed by atoms with Crippen LogP contribution in [0, 0.1) is 5.82 Å². The highest BCUT2D eigenvalue weighted by Gasteiger charge is 2.31. The molecule has 8 heteroatoms. The van der Waals surface area contributed by atoms with Crippen LogP contribution < -0.4 is 5.32 Å². The minimum atomic E-state index is -4.72. The number of amides is 1. The number of hydrogen-bond donors (Lipinski definition) is 2. The van der Waals surface area contributed by atoms with E-state index in [1.54, 1.807) is 0 Å². The quantitative estimate of drug-likeness (QED) is 0.832. The Kier molecular flexibility index (Phi) is 4.13. The Morgan fingerprint density at radius 3 is 2.32 bits per heavy atom. The van der Waals surface area contributed by atoms with Crippen molar-refractivity contribution in [3.05, 3.63) is 35.1 Å². The number of carboxylic acid groups (broad SMARTS) is 1. The lowest BCUT2D eigenvalue weighted by molar-refractivity contribution is -0.139. The van der Waals surface area contributed by atoms with Gasteiger partial charge < -0.3 is 10.4 Å². The van der Waals surface area contributed by atoms with E-state index in [2.05, 4.69) is 0 Å². The van der Waals surface area contributed by atoms with E-state index >= 15 is 0 Å². The highest BCUT2D eigenvalue weighted by Crippen LogP contribution is 2.30. The van der Waals surface area contributed by atoms with Crippen molar-refractivity contribution in [2.45, 2.75) is 19.1 Å². The van der Waals surface area contributed by atoms with Crippen LogP contribution in [0.3, 0.4) is 0 Å². The van der Waals surface area contributed by atoms with Crippen molar-refractivity contribution in [2.75, 3.05) is 0 Å². The van der Waals surface area contributed by atoms with E-state index in [-0.39, 0.29) is 6.07 Å². The first kappa shape index (κ1) is 14.9. The maximum atomic E-state index is 13.4. The van der Waals surface area contributed by atoms with Crippen molar-refractivity contribution in [3.8, 4) is 0 Å². The Morgan fingerprint density at radius 2 is 1.89 bits per heavy atom. The zero-order chi connectivity index (χ0) is 14.8. The summed E-state index contributed by atoms with van der Waals surface area (Å²) in [5.41, 5.74) is -1.88. The molecular weight excluding hydrogens is 270 g/mol. The molecule has 0 aliphatic heterocycles. The molecule has 1 amide bonds. The lowest BCUT2D eigenvalue weighted by Crippen LogP contribution is -2.38. The third-order valence-electron chi connectivity index (χ3n) is 2.26. The number of benzene rings is 1. The Hall–Kier alpha value is -2.12. The molecule has 0 saturated heterocycles. The average molecular weight is 279 g/mol. The van der Waals surface area contributed by atoms with Gasteiger partial charge in [-0.05, 0) is 25.1 Å². The van der Waals surface area contributed by atoms with Gasteiger partial charge in [0.05, 0.1) is 11.1 Å². The number of carbonyl (C=O) groups is 2. The predicted molar refractivity (Wildman–Crippen MR) is 56.0 cm³/mol. The van der Waals surface area contributed by atoms with E-state index in [0.717, 1.165) is 6.92 Å². The third-order valence-corrected chi connectivity index (χ3v) is 2.26. The Morgan fingerprint density at radius 1 is 1.32 bits per heavy atom. The molecule has 0 bridgehead atoms. The smallest absolute Gasteiger partial charge is 0.416 e. The molecule has 19 heavy (non-hydrogen) atoms. The summed E-state index contributed by atoms with van der Waals surface area (Å²) in [7, 11) is 0. The Bertz CT molecular complexity index is 513. The van der Waals surface area contributed by atoms with E-state index in [0.29, 0.717) is 12.1 Å². The number of carboxylic acids is 1. The first-order valence-corrected chi connectivity index (χ1v) is 5.03. The largest absolute Gasteiger partial charge is 0.480 e. The van der Waals surface area contributed by atoms with Gasteiger partial charge in [-0.2, -0.15) is 13.2 Å². The molecule has 0 spiro atoms. The number of aliphatic carboxylic acids is 1. The van der Waals surface area contributed by atoms with Crippen LogP contribution in [0.4, 0.5) is 17.6 Å². The molecule has 0 aliphatic carbocycles. The number of carbonyl (C=O) groups excluding carboxylic acids is 1. The molecular formula is C11H9F4NO3. The molecule has 0 aliphatic rings. The van der Waals surface area contributed by atoms with Gasteiger partial charge in [0.1, 0.15) is 11.9 Å². The van der Waals surface area contributed by atoms with Crippen molar-refractivity contribution in [3.63, 3.8) is 0 Å². The molecule has 0 heterocycles. The normalized spacial score (nSPS) is 12.9. The molecule has 1 rings (SSSR count). The van der Waals surface area contributed by atoms with Crippen LogP contribution in [0.15, 0.2) is 18.2 Å². The van der Waals surface area contributed by atoms with Crippen molar-refractivity contribution in [1.82, 2.24) is 5.32 Å². The average Bonchev–Trinajstić information content (AvgIpc) is 2.27. The van der Waals surface area contributed by atoms with Gasteiger partial charge in [-0.25, -0.2) is 4.39 Å². The van der Waals surface area contributed by atoms with E-state index in [1.165, 1.54) is 0 Å². The molecule has 2 N–H and O–H groups in total. The summed E-state index contributed by atoms with van der Waals surface area (Å²) in [6, 6.07) is 0.0976. The van der Waals surface area contributed by atoms with Crippen LogP contribution in [0.2, 0.25) is 0 Å². The third kappa shape index (κ3) is 3.67. The van der Waals surface area contributed by atoms with Gasteiger partial charge in [-0.3, -0.25) is 9.59 Å². The van der Waals surface area contributed by atoms with Gasteiger partial charge in [0.15, 0.2) is 0 Å². The lowest BCUT2D eigenvalue weighted by Gasteiger charge is -2.11. The first-order chi connectivity index (χ1) is 8.62. The van der Waals surface area contributed by atoms with E-state index in [9.17, 15) is 27.2 Å². The summed E-state index contributed by atoms with van der Waals surface area (Å²) in [6.45, 7) is 1.14. The summed E-state index contributed by atoms with van der Waals surface area (Å²) in [6.07, 6.45) is -4.72. The van der Waals surface area contributed by atoms with Crippen LogP contribution >= 0.6 is 0 Å². The maximum Gasteiger partial charge on any atom is 0.416 e. The van der Waals surface area contributed by atoms with Gasteiger partial charge in [0.2, 0.25) is 0 Å². The molecule has 0 aromatic heterocycles. The van der Waals surface area contributed by atoms with Crippen molar-refractivity contribution in [1.29, 1.82) is 0 Å². The number of hydrogen-bond acceptors (Lipinski definition) is 2. The zero-order valence-corrected chi connectivity index (χ0v) is 9.58. The van der Waals surface area contributed by atoms with Gasteiger partial charge >= 0.3 is 12.1 Å². The molecule has 4 nitrogen and oxygen atoms in total. The number of nitrogens with one attached hydrogen (secondary N) is 1. The van der Waals surface area contributed by atoms with E-state index in [4.69, 9.17) is 5.11 Å². The van der Waals surface area contributed by atoms with Crippen LogP contribution in [-0.4, -0.2) is 23.0 Å². The maximum absolute atomic E-state index is 13.4. The topological polar surface area (TPSA) is 66.4 Å². The second-order valence-corrected chi connectivity index (χ2v) is 3.73. The molecule has 1 unspecified atom stereocenters. The molecule has 0 saturated carbocycles. The van der Waals surface area contributed by atoms with Gasteiger partial charge in [0, 0.05) is 0 Å². The second-order valence-electron chi connectivity index (χ2n) is 3.73. The molecule has 1 aromatic rings. The number of alkyl halides is 3. The van der Waals surface area contributed by atoms with Crippen LogP contribution in [0.25, 0.3) is 0 Å². The number of halogens is 4. The van der Waals surface area contributed by atoms with Crippen LogP contribution in [0.5, 0.6) is 0 Å². The minimum Gasteiger partial charge on any atom is -0.480 e. The zero-order valence-electron chi connectivity index (χ0n) is 9.58. The Balaban J connectivity index is 2.97. The molecule has 1 atom stereocenters. The standard InChI is InChI=1S/C11H9F4NO3/c1-5(10(18)19)16-9(17)7-3-2-6(4-8(7)12)11(13,14)15/h2-5H,1H3,(H,16,17)(H,18,19). The highest BCUT2D eigenvalue weighted by atomic mass is 19.4. The molecule has 0 fully saturated rings. The summed E-state index contributed by atoms with van der Waals surface area (Å²) >= 11 is 0. The van der Waals surface area contributed by atoms with Crippen LogP contribution in [0.1, 0.15) is 22.8 Å². The van der Waals surface area contributed by atoms with Gasteiger partial charge in [-0.15, -0.1) is 0 Å². The number of rotatable bonds is 3. The fraction of sp³-hybridized carbons (Fsp3) is 0.273. The molecule has 0 radical (unpaired) electrons. The second kappa shape index (κ2) is 5.25. The molecule has 1 aromatic carbocycles. The monoisotopic (exact) mass is 279 g/mol. The summed E-state index contributed by atoms with van der Waals surface area (Å²) in [4.78, 5) is 21.9. The fourth-order valence-corrected chi connectivity index (χ4v) is 1.21. The highest BCUT2D eigenvalue weighted by molar-refractivity contribution is 5.96. The van der Waals surface area contributed by atoms with Crippen molar-refractivity contribution >= 4 is 11.9 Å². The SMILES string of the molecule is CC(NC(=O)c1ccc(C(F)(F)F)cc1F)C(=O)O. The van der Waals surface area contributed by atoms with E-state index < -0.39 is 41.0 Å². The summed E-state index contributed by atoms with van der Waals surface area (Å²) in [5.74, 6) is -3.81. The van der Waals surface area contributed by atoms with Gasteiger partial charge in [0.25, 0.3) is 5.91 Å². The molecule has 104 valence electrons. The van der Waals surface area contributed by atoms with Gasteiger partial charge in [-0.1, -0.05) is 0 Å².